The number of likely N-dealkylation sites (tertiary alicyclic amines) is 1. The molecule has 1 aliphatic rings. The second-order valence-electron chi connectivity index (χ2n) is 9.40. The van der Waals surface area contributed by atoms with Crippen molar-refractivity contribution in [2.45, 2.75) is 39.3 Å². The van der Waals surface area contributed by atoms with Crippen LogP contribution < -0.4 is 14.2 Å². The number of Topliss-reactive ketones (excluding diaryl/α,β-unsaturated/α-hetero) is 1. The summed E-state index contributed by atoms with van der Waals surface area (Å²) in [7, 11) is 6.98. The van der Waals surface area contributed by atoms with Crippen molar-refractivity contribution in [1.82, 2.24) is 9.80 Å². The number of aryl methyl sites for hydroxylation is 1. The van der Waals surface area contributed by atoms with Crippen molar-refractivity contribution >= 4 is 17.4 Å². The molecule has 0 aromatic heterocycles. The number of amides is 1. The van der Waals surface area contributed by atoms with Crippen molar-refractivity contribution in [2.75, 3.05) is 41.4 Å². The number of hydrogen-bond acceptors (Lipinski definition) is 7. The normalized spacial score (nSPS) is 17.2. The highest BCUT2D eigenvalue weighted by Crippen LogP contribution is 2.44. The van der Waals surface area contributed by atoms with E-state index in [-0.39, 0.29) is 17.4 Å². The van der Waals surface area contributed by atoms with E-state index in [1.807, 2.05) is 45.8 Å². The summed E-state index contributed by atoms with van der Waals surface area (Å²) >= 11 is 0. The maximum Gasteiger partial charge on any atom is 0.295 e. The molecular formula is C28H36N2O6. The second-order valence-corrected chi connectivity index (χ2v) is 9.40. The van der Waals surface area contributed by atoms with Crippen molar-refractivity contribution in [3.8, 4) is 17.2 Å². The summed E-state index contributed by atoms with van der Waals surface area (Å²) in [5.41, 5.74) is 1.78. The molecule has 0 spiro atoms. The molecule has 0 radical (unpaired) electrons. The van der Waals surface area contributed by atoms with Gasteiger partial charge in [-0.1, -0.05) is 0 Å². The Labute approximate surface area is 213 Å². The van der Waals surface area contributed by atoms with Crippen LogP contribution in [0.5, 0.6) is 17.2 Å². The smallest absolute Gasteiger partial charge is 0.295 e. The highest BCUT2D eigenvalue weighted by atomic mass is 16.5. The number of aliphatic hydroxyl groups excluding tert-OH is 1. The molecule has 1 heterocycles. The Balaban J connectivity index is 2.19. The SMILES string of the molecule is COc1ccc(OC)c(C2/C(=C(/O)c3ccc(OC(C)C)cc3C)C(=O)C(=O)N2CCCN(C)C)c1. The number of methoxy groups -OCH3 is 2. The van der Waals surface area contributed by atoms with Crippen molar-refractivity contribution in [3.63, 3.8) is 0 Å². The van der Waals surface area contributed by atoms with E-state index in [0.717, 1.165) is 12.1 Å². The van der Waals surface area contributed by atoms with Gasteiger partial charge in [-0.05, 0) is 89.8 Å². The first kappa shape index (κ1) is 27.1. The quantitative estimate of drug-likeness (QED) is 0.300. The third kappa shape index (κ3) is 5.65. The summed E-state index contributed by atoms with van der Waals surface area (Å²) < 4.78 is 16.8. The summed E-state index contributed by atoms with van der Waals surface area (Å²) in [6.45, 7) is 6.77. The van der Waals surface area contributed by atoms with E-state index in [4.69, 9.17) is 14.2 Å². The van der Waals surface area contributed by atoms with Gasteiger partial charge < -0.3 is 29.1 Å². The van der Waals surface area contributed by atoms with Crippen LogP contribution in [0.2, 0.25) is 0 Å². The van der Waals surface area contributed by atoms with Crippen LogP contribution in [0.25, 0.3) is 5.76 Å². The zero-order valence-electron chi connectivity index (χ0n) is 22.1. The first-order valence-corrected chi connectivity index (χ1v) is 12.0. The van der Waals surface area contributed by atoms with Crippen LogP contribution >= 0.6 is 0 Å². The molecular weight excluding hydrogens is 460 g/mol. The molecule has 1 aliphatic heterocycles. The zero-order chi connectivity index (χ0) is 26.6. The Morgan fingerprint density at radius 2 is 1.75 bits per heavy atom. The van der Waals surface area contributed by atoms with Gasteiger partial charge in [-0.15, -0.1) is 0 Å². The van der Waals surface area contributed by atoms with Crippen LogP contribution in [0.3, 0.4) is 0 Å². The van der Waals surface area contributed by atoms with E-state index in [1.54, 1.807) is 37.4 Å². The molecule has 8 nitrogen and oxygen atoms in total. The predicted octanol–water partition coefficient (Wildman–Crippen LogP) is 4.17. The number of benzene rings is 2. The molecule has 1 saturated heterocycles. The van der Waals surface area contributed by atoms with Gasteiger partial charge in [-0.25, -0.2) is 0 Å². The van der Waals surface area contributed by atoms with Gasteiger partial charge in [0, 0.05) is 17.7 Å². The summed E-state index contributed by atoms with van der Waals surface area (Å²) in [5.74, 6) is 0.0949. The Hall–Kier alpha value is -3.52. The van der Waals surface area contributed by atoms with E-state index in [9.17, 15) is 14.7 Å². The number of aliphatic hydroxyl groups is 1. The van der Waals surface area contributed by atoms with Crippen LogP contribution in [0.15, 0.2) is 42.0 Å². The van der Waals surface area contributed by atoms with E-state index >= 15 is 0 Å². The average Bonchev–Trinajstić information content (AvgIpc) is 3.07. The van der Waals surface area contributed by atoms with E-state index in [2.05, 4.69) is 0 Å². The Morgan fingerprint density at radius 1 is 1.06 bits per heavy atom. The largest absolute Gasteiger partial charge is 0.507 e. The fourth-order valence-corrected chi connectivity index (χ4v) is 4.44. The lowest BCUT2D eigenvalue weighted by Gasteiger charge is -2.27. The van der Waals surface area contributed by atoms with E-state index < -0.39 is 17.7 Å². The highest BCUT2D eigenvalue weighted by molar-refractivity contribution is 6.46. The molecule has 0 bridgehead atoms. The number of ether oxygens (including phenoxy) is 3. The average molecular weight is 497 g/mol. The van der Waals surface area contributed by atoms with Gasteiger partial charge in [0.05, 0.1) is 31.9 Å². The van der Waals surface area contributed by atoms with Gasteiger partial charge in [-0.2, -0.15) is 0 Å². The van der Waals surface area contributed by atoms with Crippen LogP contribution in [0.1, 0.15) is 43.0 Å². The van der Waals surface area contributed by atoms with Gasteiger partial charge in [0.15, 0.2) is 0 Å². The summed E-state index contributed by atoms with van der Waals surface area (Å²) in [6.07, 6.45) is 0.653. The lowest BCUT2D eigenvalue weighted by atomic mass is 9.93. The maximum absolute atomic E-state index is 13.4. The van der Waals surface area contributed by atoms with Crippen LogP contribution in [-0.4, -0.2) is 74.1 Å². The lowest BCUT2D eigenvalue weighted by Crippen LogP contribution is -2.32. The number of rotatable bonds is 10. The summed E-state index contributed by atoms with van der Waals surface area (Å²) in [4.78, 5) is 30.2. The third-order valence-corrected chi connectivity index (χ3v) is 6.10. The fourth-order valence-electron chi connectivity index (χ4n) is 4.44. The molecule has 1 N–H and O–H groups in total. The first-order valence-electron chi connectivity index (χ1n) is 12.0. The summed E-state index contributed by atoms with van der Waals surface area (Å²) in [6, 6.07) is 9.66. The zero-order valence-corrected chi connectivity index (χ0v) is 22.1. The molecule has 2 aromatic carbocycles. The van der Waals surface area contributed by atoms with Gasteiger partial charge in [0.25, 0.3) is 11.7 Å². The molecule has 1 unspecified atom stereocenters. The molecule has 8 heteroatoms. The molecule has 1 amide bonds. The molecule has 0 saturated carbocycles. The molecule has 36 heavy (non-hydrogen) atoms. The minimum absolute atomic E-state index is 0.00290. The molecule has 1 fully saturated rings. The summed E-state index contributed by atoms with van der Waals surface area (Å²) in [5, 5.41) is 11.5. The van der Waals surface area contributed by atoms with Crippen molar-refractivity contribution in [3.05, 3.63) is 58.7 Å². The topological polar surface area (TPSA) is 88.5 Å². The monoisotopic (exact) mass is 496 g/mol. The number of ketones is 1. The number of nitrogens with zero attached hydrogens (tertiary/aromatic N) is 2. The van der Waals surface area contributed by atoms with Crippen molar-refractivity contribution in [2.24, 2.45) is 0 Å². The highest BCUT2D eigenvalue weighted by Gasteiger charge is 2.47. The molecule has 3 rings (SSSR count). The van der Waals surface area contributed by atoms with Gasteiger partial charge in [0.1, 0.15) is 23.0 Å². The Bertz CT molecular complexity index is 1150. The van der Waals surface area contributed by atoms with Crippen molar-refractivity contribution in [1.29, 1.82) is 0 Å². The Kier molecular flexibility index (Phi) is 8.63. The van der Waals surface area contributed by atoms with E-state index in [1.165, 1.54) is 12.0 Å². The van der Waals surface area contributed by atoms with Crippen LogP contribution in [0, 0.1) is 6.92 Å². The van der Waals surface area contributed by atoms with Gasteiger partial charge in [0.2, 0.25) is 0 Å². The fraction of sp³-hybridized carbons (Fsp3) is 0.429. The van der Waals surface area contributed by atoms with Crippen LogP contribution in [-0.2, 0) is 9.59 Å². The predicted molar refractivity (Wildman–Crippen MR) is 139 cm³/mol. The Morgan fingerprint density at radius 3 is 2.33 bits per heavy atom. The number of carbonyl (C=O) groups excluding carboxylic acids is 2. The van der Waals surface area contributed by atoms with Crippen LogP contribution in [0.4, 0.5) is 0 Å². The van der Waals surface area contributed by atoms with Crippen molar-refractivity contribution < 1.29 is 28.9 Å². The van der Waals surface area contributed by atoms with Gasteiger partial charge in [-0.3, -0.25) is 9.59 Å². The standard InChI is InChI=1S/C28H36N2O6/c1-17(2)36-20-9-11-21(18(3)15-20)26(31)24-25(22-16-19(34-6)10-12-23(22)35-7)30(28(33)27(24)32)14-8-13-29(4)5/h9-12,15-17,25,31H,8,13-14H2,1-7H3/b26-24-. The molecule has 2 aromatic rings. The minimum Gasteiger partial charge on any atom is -0.507 e. The third-order valence-electron chi connectivity index (χ3n) is 6.10. The maximum atomic E-state index is 13.4. The molecule has 1 atom stereocenters. The second kappa shape index (κ2) is 11.5. The number of hydrogen-bond donors (Lipinski definition) is 1. The molecule has 194 valence electrons. The van der Waals surface area contributed by atoms with E-state index in [0.29, 0.717) is 41.3 Å². The first-order chi connectivity index (χ1) is 17.1. The lowest BCUT2D eigenvalue weighted by molar-refractivity contribution is -0.140. The van der Waals surface area contributed by atoms with Gasteiger partial charge >= 0.3 is 0 Å². The molecule has 0 aliphatic carbocycles. The minimum atomic E-state index is -0.830. The number of carbonyl (C=O) groups is 2.